The van der Waals surface area contributed by atoms with Gasteiger partial charge in [-0.05, 0) is 22.3 Å². The molecule has 2 aliphatic heterocycles. The lowest BCUT2D eigenvalue weighted by Gasteiger charge is -2.48. The Labute approximate surface area is 174 Å². The first-order chi connectivity index (χ1) is 14.3. The molecule has 1 aliphatic carbocycles. The lowest BCUT2D eigenvalue weighted by Crippen LogP contribution is -2.63. The number of benzene rings is 2. The van der Waals surface area contributed by atoms with Crippen molar-refractivity contribution in [2.75, 3.05) is 31.2 Å². The van der Waals surface area contributed by atoms with Crippen molar-refractivity contribution in [3.05, 3.63) is 59.7 Å². The van der Waals surface area contributed by atoms with Gasteiger partial charge in [0.05, 0.1) is 17.4 Å². The summed E-state index contributed by atoms with van der Waals surface area (Å²) < 4.78 is 29.5. The van der Waals surface area contributed by atoms with Crippen LogP contribution in [0, 0.1) is 11.3 Å². The summed E-state index contributed by atoms with van der Waals surface area (Å²) in [6, 6.07) is 16.1. The van der Waals surface area contributed by atoms with Crippen LogP contribution in [-0.4, -0.2) is 61.7 Å². The standard InChI is InChI=1S/C22H21NO6S/c24-20(25)19-10-30(27,28)13-22(19)11-23(12-22)21(26)29-9-18-16-7-3-1-5-14(16)15-6-2-4-8-17(15)18/h1-8,18-19H,9-13H2,(H,24,25). The summed E-state index contributed by atoms with van der Waals surface area (Å²) in [5.41, 5.74) is 3.60. The number of likely N-dealkylation sites (tertiary alicyclic amines) is 1. The van der Waals surface area contributed by atoms with E-state index in [1.807, 2.05) is 36.4 Å². The van der Waals surface area contributed by atoms with E-state index in [0.29, 0.717) is 0 Å². The van der Waals surface area contributed by atoms with Crippen molar-refractivity contribution in [1.82, 2.24) is 4.90 Å². The molecule has 30 heavy (non-hydrogen) atoms. The van der Waals surface area contributed by atoms with Crippen molar-refractivity contribution < 1.29 is 27.9 Å². The molecule has 1 atom stereocenters. The molecule has 0 bridgehead atoms. The average Bonchev–Trinajstić information content (AvgIpc) is 3.17. The van der Waals surface area contributed by atoms with Gasteiger partial charge in [-0.25, -0.2) is 13.2 Å². The molecule has 2 aromatic carbocycles. The summed E-state index contributed by atoms with van der Waals surface area (Å²) in [4.78, 5) is 25.5. The molecule has 2 heterocycles. The number of carbonyl (C=O) groups excluding carboxylic acids is 1. The van der Waals surface area contributed by atoms with Gasteiger partial charge in [-0.15, -0.1) is 0 Å². The van der Waals surface area contributed by atoms with Gasteiger partial charge in [-0.1, -0.05) is 48.5 Å². The topological polar surface area (TPSA) is 101 Å². The lowest BCUT2D eigenvalue weighted by atomic mass is 9.72. The first-order valence-corrected chi connectivity index (χ1v) is 11.6. The Bertz CT molecular complexity index is 1110. The maximum Gasteiger partial charge on any atom is 0.409 e. The number of nitrogens with zero attached hydrogens (tertiary/aromatic N) is 1. The van der Waals surface area contributed by atoms with E-state index < -0.39 is 33.2 Å². The molecule has 2 saturated heterocycles. The van der Waals surface area contributed by atoms with Crippen molar-refractivity contribution in [2.24, 2.45) is 11.3 Å². The molecule has 0 aromatic heterocycles. The first-order valence-electron chi connectivity index (χ1n) is 9.83. The maximum absolute atomic E-state index is 12.6. The summed E-state index contributed by atoms with van der Waals surface area (Å²) in [6.45, 7) is 0.372. The summed E-state index contributed by atoms with van der Waals surface area (Å²) >= 11 is 0. The smallest absolute Gasteiger partial charge is 0.409 e. The van der Waals surface area contributed by atoms with E-state index in [4.69, 9.17) is 4.74 Å². The molecule has 2 fully saturated rings. The molecule has 0 radical (unpaired) electrons. The second kappa shape index (κ2) is 6.57. The van der Waals surface area contributed by atoms with Gasteiger partial charge in [0.1, 0.15) is 6.61 Å². The number of carbonyl (C=O) groups is 2. The van der Waals surface area contributed by atoms with Gasteiger partial charge in [0.2, 0.25) is 0 Å². The first kappa shape index (κ1) is 19.1. The fourth-order valence-electron chi connectivity index (χ4n) is 5.20. The molecular formula is C22H21NO6S. The minimum absolute atomic E-state index is 0.0600. The summed E-state index contributed by atoms with van der Waals surface area (Å²) in [5, 5.41) is 9.40. The summed E-state index contributed by atoms with van der Waals surface area (Å²) in [7, 11) is -3.41. The van der Waals surface area contributed by atoms with Crippen molar-refractivity contribution in [3.63, 3.8) is 0 Å². The number of sulfone groups is 1. The van der Waals surface area contributed by atoms with Crippen molar-refractivity contribution in [1.29, 1.82) is 0 Å². The van der Waals surface area contributed by atoms with Crippen LogP contribution in [-0.2, 0) is 19.4 Å². The zero-order valence-electron chi connectivity index (χ0n) is 16.2. The van der Waals surface area contributed by atoms with Gasteiger partial charge in [-0.3, -0.25) is 4.79 Å². The van der Waals surface area contributed by atoms with Gasteiger partial charge >= 0.3 is 12.1 Å². The van der Waals surface area contributed by atoms with E-state index in [2.05, 4.69) is 12.1 Å². The number of amides is 1. The zero-order chi connectivity index (χ0) is 21.1. The zero-order valence-corrected chi connectivity index (χ0v) is 17.0. The highest BCUT2D eigenvalue weighted by Crippen LogP contribution is 2.47. The fraction of sp³-hybridized carbons (Fsp3) is 0.364. The highest BCUT2D eigenvalue weighted by molar-refractivity contribution is 7.91. The number of rotatable bonds is 3. The third-order valence-electron chi connectivity index (χ3n) is 6.57. The number of carboxylic acid groups (broad SMARTS) is 1. The van der Waals surface area contributed by atoms with Crippen LogP contribution in [0.5, 0.6) is 0 Å². The van der Waals surface area contributed by atoms with E-state index in [1.54, 1.807) is 0 Å². The molecule has 1 amide bonds. The summed E-state index contributed by atoms with van der Waals surface area (Å²) in [6.07, 6.45) is -0.532. The van der Waals surface area contributed by atoms with Crippen LogP contribution in [0.15, 0.2) is 48.5 Å². The average molecular weight is 427 g/mol. The lowest BCUT2D eigenvalue weighted by molar-refractivity contribution is -0.149. The molecule has 2 aromatic rings. The minimum Gasteiger partial charge on any atom is -0.481 e. The SMILES string of the molecule is O=C(O)C1CS(=O)(=O)CC12CN(C(=O)OCC1c3ccccc3-c3ccccc31)C2. The molecule has 1 N–H and O–H groups in total. The third-order valence-corrected chi connectivity index (χ3v) is 8.43. The summed E-state index contributed by atoms with van der Waals surface area (Å²) in [5.74, 6) is -2.70. The van der Waals surface area contributed by atoms with E-state index in [9.17, 15) is 23.1 Å². The van der Waals surface area contributed by atoms with Crippen molar-refractivity contribution in [2.45, 2.75) is 5.92 Å². The molecule has 1 spiro atoms. The number of aliphatic carboxylic acids is 1. The van der Waals surface area contributed by atoms with Crippen LogP contribution in [0.3, 0.4) is 0 Å². The number of hydrogen-bond donors (Lipinski definition) is 1. The predicted molar refractivity (Wildman–Crippen MR) is 109 cm³/mol. The molecule has 1 unspecified atom stereocenters. The van der Waals surface area contributed by atoms with Gasteiger partial charge in [0.15, 0.2) is 9.84 Å². The molecule has 3 aliphatic rings. The third kappa shape index (κ3) is 2.89. The van der Waals surface area contributed by atoms with Crippen LogP contribution < -0.4 is 0 Å². The number of fused-ring (bicyclic) bond motifs is 3. The van der Waals surface area contributed by atoms with Crippen LogP contribution in [0.25, 0.3) is 11.1 Å². The van der Waals surface area contributed by atoms with Crippen LogP contribution in [0.2, 0.25) is 0 Å². The van der Waals surface area contributed by atoms with E-state index in [-0.39, 0.29) is 37.1 Å². The Balaban J connectivity index is 1.28. The molecule has 156 valence electrons. The number of hydrogen-bond acceptors (Lipinski definition) is 5. The number of ether oxygens (including phenoxy) is 1. The predicted octanol–water partition coefficient (Wildman–Crippen LogP) is 2.37. The van der Waals surface area contributed by atoms with Gasteiger partial charge in [-0.2, -0.15) is 0 Å². The largest absolute Gasteiger partial charge is 0.481 e. The van der Waals surface area contributed by atoms with E-state index in [1.165, 1.54) is 4.90 Å². The highest BCUT2D eigenvalue weighted by atomic mass is 32.2. The fourth-order valence-corrected chi connectivity index (χ4v) is 7.58. The Morgan fingerprint density at radius 3 is 2.17 bits per heavy atom. The molecule has 8 heteroatoms. The normalized spacial score (nSPS) is 22.9. The van der Waals surface area contributed by atoms with Crippen molar-refractivity contribution >= 4 is 21.9 Å². The van der Waals surface area contributed by atoms with Gasteiger partial charge in [0, 0.05) is 24.4 Å². The van der Waals surface area contributed by atoms with Gasteiger partial charge < -0.3 is 14.7 Å². The molecule has 5 rings (SSSR count). The second-order valence-electron chi connectivity index (χ2n) is 8.47. The van der Waals surface area contributed by atoms with Crippen LogP contribution >= 0.6 is 0 Å². The maximum atomic E-state index is 12.6. The van der Waals surface area contributed by atoms with Crippen molar-refractivity contribution in [3.8, 4) is 11.1 Å². The van der Waals surface area contributed by atoms with E-state index >= 15 is 0 Å². The number of carboxylic acids is 1. The van der Waals surface area contributed by atoms with Gasteiger partial charge in [0.25, 0.3) is 0 Å². The van der Waals surface area contributed by atoms with E-state index in [0.717, 1.165) is 22.3 Å². The second-order valence-corrected chi connectivity index (χ2v) is 10.6. The minimum atomic E-state index is -3.41. The Morgan fingerprint density at radius 1 is 1.03 bits per heavy atom. The van der Waals surface area contributed by atoms with Crippen LogP contribution in [0.4, 0.5) is 4.79 Å². The van der Waals surface area contributed by atoms with Crippen LogP contribution in [0.1, 0.15) is 17.0 Å². The highest BCUT2D eigenvalue weighted by Gasteiger charge is 2.61. The molecule has 0 saturated carbocycles. The molecule has 7 nitrogen and oxygen atoms in total. The Hall–Kier alpha value is -2.87. The monoisotopic (exact) mass is 427 g/mol. The Kier molecular flexibility index (Phi) is 4.18. The Morgan fingerprint density at radius 2 is 1.60 bits per heavy atom. The molecular weight excluding hydrogens is 406 g/mol. The quantitative estimate of drug-likeness (QED) is 0.807.